The third-order valence-corrected chi connectivity index (χ3v) is 4.41. The average molecular weight is 393 g/mol. The first kappa shape index (κ1) is 22.1. The predicted octanol–water partition coefficient (Wildman–Crippen LogP) is 0.485. The maximum absolute atomic E-state index is 12.3. The second-order valence-corrected chi connectivity index (χ2v) is 5.84. The van der Waals surface area contributed by atoms with E-state index in [0.717, 1.165) is 38.4 Å². The number of halogens is 2. The highest BCUT2D eigenvalue weighted by Gasteiger charge is 2.37. The fourth-order valence-corrected chi connectivity index (χ4v) is 3.27. The molecule has 0 spiro atoms. The van der Waals surface area contributed by atoms with E-state index in [-0.39, 0.29) is 49.4 Å². The Labute approximate surface area is 160 Å². The lowest BCUT2D eigenvalue weighted by atomic mass is 9.98. The van der Waals surface area contributed by atoms with Crippen LogP contribution in [-0.4, -0.2) is 79.3 Å². The third-order valence-electron chi connectivity index (χ3n) is 4.41. The van der Waals surface area contributed by atoms with Crippen molar-refractivity contribution in [2.24, 2.45) is 5.73 Å². The van der Waals surface area contributed by atoms with Crippen molar-refractivity contribution in [3.8, 4) is 0 Å². The third kappa shape index (κ3) is 5.51. The zero-order valence-corrected chi connectivity index (χ0v) is 15.7. The predicted molar refractivity (Wildman–Crippen MR) is 99.2 cm³/mol. The molecule has 142 valence electrons. The van der Waals surface area contributed by atoms with E-state index in [1.807, 2.05) is 23.2 Å². The minimum Gasteiger partial charge on any atom is -0.379 e. The molecule has 2 saturated heterocycles. The van der Waals surface area contributed by atoms with Crippen molar-refractivity contribution in [2.75, 3.05) is 52.5 Å². The summed E-state index contributed by atoms with van der Waals surface area (Å²) < 4.78 is 11.4. The van der Waals surface area contributed by atoms with Gasteiger partial charge in [-0.3, -0.25) is 14.7 Å². The molecule has 1 amide bonds. The second-order valence-electron chi connectivity index (χ2n) is 5.84. The molecule has 0 bridgehead atoms. The van der Waals surface area contributed by atoms with Gasteiger partial charge >= 0.3 is 0 Å². The summed E-state index contributed by atoms with van der Waals surface area (Å²) in [6, 6.07) is 3.74. The Kier molecular flexibility index (Phi) is 9.63. The number of rotatable bonds is 4. The van der Waals surface area contributed by atoms with Crippen LogP contribution in [0.2, 0.25) is 0 Å². The first-order valence-electron chi connectivity index (χ1n) is 8.11. The van der Waals surface area contributed by atoms with Crippen LogP contribution < -0.4 is 5.73 Å². The lowest BCUT2D eigenvalue weighted by Gasteiger charge is -2.43. The number of carbonyl (C=O) groups excluding carboxylic acids is 1. The van der Waals surface area contributed by atoms with Crippen LogP contribution in [0.3, 0.4) is 0 Å². The van der Waals surface area contributed by atoms with Crippen molar-refractivity contribution in [1.82, 2.24) is 14.8 Å². The van der Waals surface area contributed by atoms with Crippen molar-refractivity contribution in [2.45, 2.75) is 12.1 Å². The molecule has 2 aliphatic heterocycles. The fraction of sp³-hybridized carbons (Fsp3) is 0.625. The summed E-state index contributed by atoms with van der Waals surface area (Å²) in [4.78, 5) is 20.6. The van der Waals surface area contributed by atoms with Crippen molar-refractivity contribution in [3.05, 3.63) is 30.1 Å². The van der Waals surface area contributed by atoms with E-state index in [9.17, 15) is 4.79 Å². The van der Waals surface area contributed by atoms with Gasteiger partial charge in [0.25, 0.3) is 0 Å². The Bertz CT molecular complexity index is 517. The normalized spacial score (nSPS) is 24.1. The van der Waals surface area contributed by atoms with Crippen molar-refractivity contribution >= 4 is 30.7 Å². The van der Waals surface area contributed by atoms with Gasteiger partial charge in [0, 0.05) is 38.6 Å². The molecule has 3 rings (SSSR count). The summed E-state index contributed by atoms with van der Waals surface area (Å²) in [6.07, 6.45) is 3.46. The van der Waals surface area contributed by atoms with Crippen LogP contribution in [-0.2, 0) is 14.3 Å². The van der Waals surface area contributed by atoms with Crippen molar-refractivity contribution < 1.29 is 14.3 Å². The van der Waals surface area contributed by atoms with E-state index in [0.29, 0.717) is 13.2 Å². The van der Waals surface area contributed by atoms with Crippen LogP contribution in [0.15, 0.2) is 24.5 Å². The van der Waals surface area contributed by atoms with E-state index in [1.54, 1.807) is 6.20 Å². The second kappa shape index (κ2) is 10.9. The van der Waals surface area contributed by atoms with Gasteiger partial charge in [0.05, 0.1) is 38.5 Å². The van der Waals surface area contributed by atoms with E-state index in [4.69, 9.17) is 15.2 Å². The molecule has 7 nitrogen and oxygen atoms in total. The number of nitrogens with zero attached hydrogens (tertiary/aromatic N) is 3. The molecule has 0 saturated carbocycles. The lowest BCUT2D eigenvalue weighted by Crippen LogP contribution is -2.54. The zero-order valence-electron chi connectivity index (χ0n) is 14.1. The van der Waals surface area contributed by atoms with Gasteiger partial charge in [-0.1, -0.05) is 6.07 Å². The van der Waals surface area contributed by atoms with Crippen LogP contribution in [0.25, 0.3) is 0 Å². The molecule has 2 fully saturated rings. The molecule has 25 heavy (non-hydrogen) atoms. The van der Waals surface area contributed by atoms with Gasteiger partial charge in [-0.15, -0.1) is 24.8 Å². The number of hydrogen-bond donors (Lipinski definition) is 1. The van der Waals surface area contributed by atoms with Gasteiger partial charge in [0.15, 0.2) is 0 Å². The number of morpholine rings is 2. The number of hydrogen-bond acceptors (Lipinski definition) is 6. The molecule has 2 N–H and O–H groups in total. The van der Waals surface area contributed by atoms with Gasteiger partial charge in [-0.2, -0.15) is 0 Å². The smallest absolute Gasteiger partial charge is 0.236 e. The lowest BCUT2D eigenvalue weighted by molar-refractivity contribution is -0.147. The van der Waals surface area contributed by atoms with Crippen molar-refractivity contribution in [1.29, 1.82) is 0 Å². The van der Waals surface area contributed by atoms with E-state index in [2.05, 4.69) is 9.88 Å². The van der Waals surface area contributed by atoms with Crippen molar-refractivity contribution in [3.63, 3.8) is 0 Å². The highest BCUT2D eigenvalue weighted by molar-refractivity contribution is 5.85. The van der Waals surface area contributed by atoms with Crippen LogP contribution in [0.5, 0.6) is 0 Å². The van der Waals surface area contributed by atoms with E-state index >= 15 is 0 Å². The minimum absolute atomic E-state index is 0. The monoisotopic (exact) mass is 392 g/mol. The maximum Gasteiger partial charge on any atom is 0.236 e. The molecule has 0 radical (unpaired) electrons. The molecule has 3 heterocycles. The molecule has 0 unspecified atom stereocenters. The number of carbonyl (C=O) groups is 1. The molecular weight excluding hydrogens is 367 g/mol. The van der Waals surface area contributed by atoms with Gasteiger partial charge in [0.2, 0.25) is 5.91 Å². The van der Waals surface area contributed by atoms with Gasteiger partial charge < -0.3 is 20.1 Å². The number of pyridine rings is 1. The molecule has 0 aliphatic carbocycles. The molecule has 2 atom stereocenters. The van der Waals surface area contributed by atoms with Crippen LogP contribution in [0.1, 0.15) is 11.6 Å². The topological polar surface area (TPSA) is 80.9 Å². The Morgan fingerprint density at radius 2 is 2.00 bits per heavy atom. The molecule has 9 heteroatoms. The zero-order chi connectivity index (χ0) is 16.1. The Hall–Kier alpha value is -0.960. The van der Waals surface area contributed by atoms with Crippen LogP contribution in [0, 0.1) is 0 Å². The summed E-state index contributed by atoms with van der Waals surface area (Å²) >= 11 is 0. The fourth-order valence-electron chi connectivity index (χ4n) is 3.27. The molecular formula is C16H26Cl2N4O3. The summed E-state index contributed by atoms with van der Waals surface area (Å²) in [7, 11) is 0. The van der Waals surface area contributed by atoms with E-state index < -0.39 is 0 Å². The first-order chi connectivity index (χ1) is 11.3. The van der Waals surface area contributed by atoms with Gasteiger partial charge in [-0.25, -0.2) is 0 Å². The average Bonchev–Trinajstić information content (AvgIpc) is 2.62. The van der Waals surface area contributed by atoms with E-state index in [1.165, 1.54) is 0 Å². The van der Waals surface area contributed by atoms with Crippen LogP contribution in [0.4, 0.5) is 0 Å². The maximum atomic E-state index is 12.3. The van der Waals surface area contributed by atoms with Crippen LogP contribution >= 0.6 is 24.8 Å². The highest BCUT2D eigenvalue weighted by Crippen LogP contribution is 2.30. The molecule has 1 aromatic rings. The molecule has 1 aromatic heterocycles. The van der Waals surface area contributed by atoms with Gasteiger partial charge in [0.1, 0.15) is 0 Å². The minimum atomic E-state index is -0.142. The van der Waals surface area contributed by atoms with Gasteiger partial charge in [-0.05, 0) is 11.6 Å². The first-order valence-corrected chi connectivity index (χ1v) is 8.11. The molecule has 0 aromatic carbocycles. The summed E-state index contributed by atoms with van der Waals surface area (Å²) in [5.41, 5.74) is 6.59. The summed E-state index contributed by atoms with van der Waals surface area (Å²) in [6.45, 7) is 5.17. The number of nitrogens with two attached hydrogens (primary N) is 1. The highest BCUT2D eigenvalue weighted by atomic mass is 35.5. The number of amides is 1. The summed E-state index contributed by atoms with van der Waals surface area (Å²) in [5, 5.41) is 0. The number of aromatic nitrogens is 1. The summed E-state index contributed by atoms with van der Waals surface area (Å²) in [5.74, 6) is -0.0471. The Balaban J connectivity index is 0.00000156. The number of ether oxygens (including phenoxy) is 2. The Morgan fingerprint density at radius 3 is 2.64 bits per heavy atom. The largest absolute Gasteiger partial charge is 0.379 e. The molecule has 2 aliphatic rings. The quantitative estimate of drug-likeness (QED) is 0.802. The standard InChI is InChI=1S/C16H24N4O3.2ClH/c17-10-15(21)20-6-9-23-14(12-19-4-7-22-8-5-19)16(20)13-2-1-3-18-11-13;;/h1-3,11,14,16H,4-10,12,17H2;2*1H/t14-,16-;;/m0../s1. The SMILES string of the molecule is Cl.Cl.NCC(=O)N1CCO[C@@H](CN2CCOCC2)[C@@H]1c1cccnc1. The Morgan fingerprint density at radius 1 is 1.24 bits per heavy atom.